The van der Waals surface area contributed by atoms with Crippen molar-refractivity contribution in [2.24, 2.45) is 0 Å². The number of allylic oxidation sites excluding steroid dienone is 1. The van der Waals surface area contributed by atoms with Gasteiger partial charge in [-0.3, -0.25) is 0 Å². The topological polar surface area (TPSA) is 18.5 Å². The smallest absolute Gasteiger partial charge is 0.0654 e. The Hall–Kier alpha value is 0.257. The second-order valence-corrected chi connectivity index (χ2v) is 4.04. The standard InChI is InChI=1S/C13H25O2.Li/c1-3-5-7-9-11-14-13-15-12-10-8-6-4-2;/h5,7H,1,3-4,6,8-13H2,2H3;. The van der Waals surface area contributed by atoms with Gasteiger partial charge in [-0.2, -0.15) is 0 Å². The van der Waals surface area contributed by atoms with Crippen LogP contribution in [-0.4, -0.2) is 37.7 Å². The zero-order valence-corrected chi connectivity index (χ0v) is 11.0. The van der Waals surface area contributed by atoms with Crippen molar-refractivity contribution in [3.63, 3.8) is 0 Å². The van der Waals surface area contributed by atoms with Crippen molar-refractivity contribution < 1.29 is 9.47 Å². The van der Waals surface area contributed by atoms with Crippen LogP contribution in [0.5, 0.6) is 0 Å². The van der Waals surface area contributed by atoms with Gasteiger partial charge in [0.2, 0.25) is 0 Å². The molecule has 0 N–H and O–H groups in total. The van der Waals surface area contributed by atoms with Crippen LogP contribution >= 0.6 is 0 Å². The third kappa shape index (κ3) is 14.3. The Balaban J connectivity index is 2.93. The van der Waals surface area contributed by atoms with E-state index in [4.69, 9.17) is 9.47 Å². The van der Waals surface area contributed by atoms with Crippen LogP contribution in [0, 0.1) is 0 Å². The van der Waals surface area contributed by atoms with Crippen LogP contribution in [0.2, 0.25) is 5.09 Å². The van der Waals surface area contributed by atoms with E-state index >= 15 is 0 Å². The van der Waals surface area contributed by atoms with Crippen LogP contribution in [-0.2, 0) is 9.47 Å². The average molecular weight is 220 g/mol. The zero-order valence-electron chi connectivity index (χ0n) is 11.0. The van der Waals surface area contributed by atoms with Crippen LogP contribution in [0.25, 0.3) is 0 Å². The first-order chi connectivity index (χ1) is 7.91. The Bertz CT molecular complexity index is 149. The fourth-order valence-corrected chi connectivity index (χ4v) is 1.36. The Morgan fingerprint density at radius 2 is 1.69 bits per heavy atom. The number of hydrogen-bond donors (Lipinski definition) is 0. The van der Waals surface area contributed by atoms with Gasteiger partial charge in [0.25, 0.3) is 0 Å². The van der Waals surface area contributed by atoms with Gasteiger partial charge in [-0.05, 0) is 0 Å². The third-order valence-corrected chi connectivity index (χ3v) is 2.36. The number of rotatable bonds is 12. The third-order valence-electron chi connectivity index (χ3n) is 2.36. The molecule has 0 aromatic heterocycles. The van der Waals surface area contributed by atoms with Gasteiger partial charge in [-0.25, -0.2) is 0 Å². The summed E-state index contributed by atoms with van der Waals surface area (Å²) in [4.78, 5) is 0. The molecule has 0 aromatic rings. The Morgan fingerprint density at radius 1 is 0.938 bits per heavy atom. The summed E-state index contributed by atoms with van der Waals surface area (Å²) in [5, 5.41) is 1.22. The summed E-state index contributed by atoms with van der Waals surface area (Å²) < 4.78 is 10.7. The molecular weight excluding hydrogens is 195 g/mol. The maximum absolute atomic E-state index is 5.36. The fourth-order valence-electron chi connectivity index (χ4n) is 1.36. The van der Waals surface area contributed by atoms with E-state index < -0.39 is 0 Å². The van der Waals surface area contributed by atoms with E-state index in [9.17, 15) is 0 Å². The van der Waals surface area contributed by atoms with Gasteiger partial charge in [-0.1, -0.05) is 19.8 Å². The molecule has 0 bridgehead atoms. The van der Waals surface area contributed by atoms with Crippen molar-refractivity contribution in [3.05, 3.63) is 12.2 Å². The summed E-state index contributed by atoms with van der Waals surface area (Å²) in [7, 11) is 0. The van der Waals surface area contributed by atoms with Crippen LogP contribution < -0.4 is 0 Å². The van der Waals surface area contributed by atoms with Crippen LogP contribution in [0.4, 0.5) is 0 Å². The Morgan fingerprint density at radius 3 is 2.44 bits per heavy atom. The summed E-state index contributed by atoms with van der Waals surface area (Å²) in [5.41, 5.74) is 0. The summed E-state index contributed by atoms with van der Waals surface area (Å²) in [6.07, 6.45) is 11.6. The molecule has 0 heterocycles. The van der Waals surface area contributed by atoms with Gasteiger partial charge >= 0.3 is 90.1 Å². The quantitative estimate of drug-likeness (QED) is 0.217. The fraction of sp³-hybridized carbons (Fsp3) is 0.846. The van der Waals surface area contributed by atoms with E-state index in [-0.39, 0.29) is 0 Å². The minimum absolute atomic E-state index is 0.452. The van der Waals surface area contributed by atoms with Crippen LogP contribution in [0.3, 0.4) is 0 Å². The first kappa shape index (κ1) is 16.3. The molecule has 0 fully saturated rings. The Labute approximate surface area is 110 Å². The predicted molar refractivity (Wildman–Crippen MR) is 69.8 cm³/mol. The summed E-state index contributed by atoms with van der Waals surface area (Å²) in [6.45, 7) is 4.28. The van der Waals surface area contributed by atoms with E-state index in [2.05, 4.69) is 36.8 Å². The van der Waals surface area contributed by atoms with Gasteiger partial charge < -0.3 is 0 Å². The molecule has 0 spiro atoms. The van der Waals surface area contributed by atoms with Crippen LogP contribution in [0.15, 0.2) is 12.2 Å². The van der Waals surface area contributed by atoms with Crippen molar-refractivity contribution in [1.29, 1.82) is 0 Å². The molecule has 0 aliphatic heterocycles. The second-order valence-electron chi connectivity index (χ2n) is 4.04. The van der Waals surface area contributed by atoms with Crippen molar-refractivity contribution in [1.82, 2.24) is 0 Å². The molecule has 16 heavy (non-hydrogen) atoms. The summed E-state index contributed by atoms with van der Waals surface area (Å²) in [6, 6.07) is 0. The molecule has 2 nitrogen and oxygen atoms in total. The molecule has 0 amide bonds. The minimum atomic E-state index is 0.452. The van der Waals surface area contributed by atoms with Gasteiger partial charge in [0.1, 0.15) is 0 Å². The number of unbranched alkanes of at least 4 members (excludes halogenated alkanes) is 3. The minimum Gasteiger partial charge on any atom is -0.0654 e. The molecule has 0 rings (SSSR count). The molecule has 0 aromatic carbocycles. The number of hydrogen-bond acceptors (Lipinski definition) is 2. The molecule has 90 valence electrons. The van der Waals surface area contributed by atoms with Crippen molar-refractivity contribution in [2.75, 3.05) is 20.0 Å². The normalized spacial score (nSPS) is 11.4. The van der Waals surface area contributed by atoms with E-state index in [1.165, 1.54) is 30.8 Å². The van der Waals surface area contributed by atoms with E-state index in [1.807, 2.05) is 0 Å². The molecule has 0 unspecified atom stereocenters. The SMILES string of the molecule is [Li][CH2]CC=CCCOCOCCCCCC. The van der Waals surface area contributed by atoms with Crippen molar-refractivity contribution in [3.8, 4) is 0 Å². The molecule has 0 aliphatic rings. The molecule has 0 radical (unpaired) electrons. The zero-order chi connectivity index (χ0) is 11.9. The van der Waals surface area contributed by atoms with E-state index in [0.717, 1.165) is 26.1 Å². The molecule has 0 saturated carbocycles. The monoisotopic (exact) mass is 220 g/mol. The van der Waals surface area contributed by atoms with Gasteiger partial charge in [0, 0.05) is 0 Å². The van der Waals surface area contributed by atoms with Crippen molar-refractivity contribution >= 4 is 17.7 Å². The molecule has 0 aliphatic carbocycles. The second kappa shape index (κ2) is 15.3. The molecular formula is C13H25LiO2. The maximum atomic E-state index is 5.36. The molecule has 0 atom stereocenters. The molecule has 3 heteroatoms. The molecule has 0 saturated heterocycles. The van der Waals surface area contributed by atoms with E-state index in [1.54, 1.807) is 0 Å². The van der Waals surface area contributed by atoms with Crippen LogP contribution in [0.1, 0.15) is 45.4 Å². The summed E-state index contributed by atoms with van der Waals surface area (Å²) >= 11 is 2.19. The predicted octanol–water partition coefficient (Wildman–Crippen LogP) is 3.48. The van der Waals surface area contributed by atoms with Gasteiger partial charge in [0.05, 0.1) is 0 Å². The summed E-state index contributed by atoms with van der Waals surface area (Å²) in [5.74, 6) is 0. The Kier molecular flexibility index (Phi) is 15.5. The van der Waals surface area contributed by atoms with E-state index in [0.29, 0.717) is 6.79 Å². The average Bonchev–Trinajstić information content (AvgIpc) is 2.31. The van der Waals surface area contributed by atoms with Gasteiger partial charge in [-0.15, -0.1) is 0 Å². The van der Waals surface area contributed by atoms with Gasteiger partial charge in [0.15, 0.2) is 0 Å². The van der Waals surface area contributed by atoms with Crippen molar-refractivity contribution in [2.45, 2.75) is 50.5 Å². The number of ether oxygens (including phenoxy) is 2. The first-order valence-electron chi connectivity index (χ1n) is 6.72. The first-order valence-corrected chi connectivity index (χ1v) is 6.72.